The minimum absolute atomic E-state index is 0. The summed E-state index contributed by atoms with van der Waals surface area (Å²) < 4.78 is 2.58. The Morgan fingerprint density at radius 3 is 2.06 bits per heavy atom. The SMILES string of the molecule is CN1[CH-]N(C)c2c1c(=O)n(C)c(=O)n2C.[Ag+]. The first-order chi connectivity index (χ1) is 6.95. The summed E-state index contributed by atoms with van der Waals surface area (Å²) in [4.78, 5) is 27.0. The molecule has 2 heterocycles. The Bertz CT molecular complexity index is 534. The average Bonchev–Trinajstić information content (AvgIpc) is 2.47. The van der Waals surface area contributed by atoms with Gasteiger partial charge in [-0.1, -0.05) is 0 Å². The largest absolute Gasteiger partial charge is 1.00 e. The second kappa shape index (κ2) is 4.12. The van der Waals surface area contributed by atoms with E-state index < -0.39 is 0 Å². The van der Waals surface area contributed by atoms with Crippen LogP contribution in [0.25, 0.3) is 0 Å². The standard InChI is InChI=1S/C9H13N4O2.Ag/c1-10-5-11(2)7-6(10)8(14)13(4)9(15)12(7)3;/h5H,1-4H3;/q-1;+1. The quantitative estimate of drug-likeness (QED) is 0.459. The Morgan fingerprint density at radius 2 is 1.50 bits per heavy atom. The smallest absolute Gasteiger partial charge is 0.498 e. The molecular formula is C9H13AgN4O2. The van der Waals surface area contributed by atoms with Gasteiger partial charge in [-0.15, -0.1) is 0 Å². The first-order valence-corrected chi connectivity index (χ1v) is 4.56. The molecule has 7 heteroatoms. The molecule has 1 aromatic heterocycles. The molecule has 1 aliphatic rings. The fourth-order valence-electron chi connectivity index (χ4n) is 1.90. The summed E-state index contributed by atoms with van der Waals surface area (Å²) in [5.41, 5.74) is -0.0485. The number of anilines is 2. The van der Waals surface area contributed by atoms with E-state index in [1.54, 1.807) is 37.6 Å². The van der Waals surface area contributed by atoms with Crippen molar-refractivity contribution in [2.24, 2.45) is 14.1 Å². The monoisotopic (exact) mass is 316 g/mol. The summed E-state index contributed by atoms with van der Waals surface area (Å²) in [5.74, 6) is 0.630. The molecule has 0 bridgehead atoms. The molecule has 2 rings (SSSR count). The topological polar surface area (TPSA) is 50.5 Å². The first kappa shape index (κ1) is 13.1. The molecule has 6 nitrogen and oxygen atoms in total. The number of hydrogen-bond donors (Lipinski definition) is 0. The Labute approximate surface area is 109 Å². The summed E-state index contributed by atoms with van der Waals surface area (Å²) in [6.07, 6.45) is 0. The molecule has 0 saturated heterocycles. The fourth-order valence-corrected chi connectivity index (χ4v) is 1.90. The zero-order valence-corrected chi connectivity index (χ0v) is 11.0. The van der Waals surface area contributed by atoms with Crippen LogP contribution in [0.1, 0.15) is 0 Å². The second-order valence-electron chi connectivity index (χ2n) is 3.72. The van der Waals surface area contributed by atoms with Gasteiger partial charge in [0.15, 0.2) is 0 Å². The molecule has 0 saturated carbocycles. The molecule has 1 aromatic rings. The van der Waals surface area contributed by atoms with Crippen molar-refractivity contribution in [3.05, 3.63) is 27.5 Å². The Hall–Kier alpha value is -0.980. The number of fused-ring (bicyclic) bond motifs is 1. The normalized spacial score (nSPS) is 13.8. The molecular weight excluding hydrogens is 304 g/mol. The van der Waals surface area contributed by atoms with Crippen molar-refractivity contribution in [2.75, 3.05) is 23.9 Å². The van der Waals surface area contributed by atoms with Crippen LogP contribution in [-0.2, 0) is 36.5 Å². The van der Waals surface area contributed by atoms with Gasteiger partial charge in [-0.25, -0.2) is 4.79 Å². The summed E-state index contributed by atoms with van der Waals surface area (Å²) in [6, 6.07) is 0. The van der Waals surface area contributed by atoms with Crippen LogP contribution >= 0.6 is 0 Å². The van der Waals surface area contributed by atoms with Gasteiger partial charge < -0.3 is 9.80 Å². The number of hydrogen-bond acceptors (Lipinski definition) is 4. The average molecular weight is 317 g/mol. The molecule has 16 heavy (non-hydrogen) atoms. The van der Waals surface area contributed by atoms with Crippen LogP contribution in [0.15, 0.2) is 9.59 Å². The molecule has 1 aliphatic heterocycles. The van der Waals surface area contributed by atoms with Crippen LogP contribution in [0.4, 0.5) is 11.5 Å². The summed E-state index contributed by atoms with van der Waals surface area (Å²) in [5, 5.41) is 0. The first-order valence-electron chi connectivity index (χ1n) is 4.56. The Balaban J connectivity index is 0.00000128. The third kappa shape index (κ3) is 1.53. The van der Waals surface area contributed by atoms with E-state index in [-0.39, 0.29) is 33.6 Å². The molecule has 0 amide bonds. The van der Waals surface area contributed by atoms with E-state index in [0.717, 1.165) is 4.57 Å². The van der Waals surface area contributed by atoms with Crippen molar-refractivity contribution in [1.29, 1.82) is 0 Å². The minimum Gasteiger partial charge on any atom is -0.498 e. The summed E-state index contributed by atoms with van der Waals surface area (Å²) >= 11 is 0. The zero-order valence-electron chi connectivity index (χ0n) is 9.48. The van der Waals surface area contributed by atoms with Crippen LogP contribution in [0.5, 0.6) is 0 Å². The Morgan fingerprint density at radius 1 is 0.938 bits per heavy atom. The van der Waals surface area contributed by atoms with E-state index in [2.05, 4.69) is 0 Å². The molecule has 92 valence electrons. The van der Waals surface area contributed by atoms with E-state index in [0.29, 0.717) is 11.5 Å². The third-order valence-corrected chi connectivity index (χ3v) is 2.64. The van der Waals surface area contributed by atoms with Crippen molar-refractivity contribution < 1.29 is 22.4 Å². The fraction of sp³-hybridized carbons (Fsp3) is 0.444. The van der Waals surface area contributed by atoms with Gasteiger partial charge >= 0.3 is 28.1 Å². The van der Waals surface area contributed by atoms with Gasteiger partial charge in [-0.05, 0) is 14.1 Å². The van der Waals surface area contributed by atoms with Crippen LogP contribution in [0, 0.1) is 6.67 Å². The molecule has 0 spiro atoms. The van der Waals surface area contributed by atoms with E-state index in [1.165, 1.54) is 11.6 Å². The molecule has 0 radical (unpaired) electrons. The van der Waals surface area contributed by atoms with Gasteiger partial charge in [-0.2, -0.15) is 6.67 Å². The Kier molecular flexibility index (Phi) is 3.37. The molecule has 0 unspecified atom stereocenters. The van der Waals surface area contributed by atoms with E-state index in [1.807, 2.05) is 0 Å². The predicted molar refractivity (Wildman–Crippen MR) is 58.0 cm³/mol. The molecule has 0 N–H and O–H groups in total. The van der Waals surface area contributed by atoms with Crippen LogP contribution in [0.3, 0.4) is 0 Å². The van der Waals surface area contributed by atoms with Gasteiger partial charge in [0, 0.05) is 14.1 Å². The second-order valence-corrected chi connectivity index (χ2v) is 3.72. The van der Waals surface area contributed by atoms with Gasteiger partial charge in [-0.3, -0.25) is 13.9 Å². The number of nitrogens with zero attached hydrogens (tertiary/aromatic N) is 4. The molecule has 0 atom stereocenters. The van der Waals surface area contributed by atoms with Crippen molar-refractivity contribution in [1.82, 2.24) is 9.13 Å². The molecule has 0 aromatic carbocycles. The molecule has 0 fully saturated rings. The van der Waals surface area contributed by atoms with Gasteiger partial charge in [0.25, 0.3) is 5.56 Å². The van der Waals surface area contributed by atoms with Crippen molar-refractivity contribution in [3.8, 4) is 0 Å². The predicted octanol–water partition coefficient (Wildman–Crippen LogP) is -0.913. The molecule has 0 aliphatic carbocycles. The van der Waals surface area contributed by atoms with Crippen LogP contribution < -0.4 is 21.0 Å². The van der Waals surface area contributed by atoms with Gasteiger partial charge in [0.05, 0.1) is 0 Å². The number of rotatable bonds is 0. The van der Waals surface area contributed by atoms with Crippen molar-refractivity contribution in [2.45, 2.75) is 0 Å². The maximum atomic E-state index is 11.9. The summed E-state index contributed by atoms with van der Waals surface area (Å²) in [7, 11) is 6.73. The van der Waals surface area contributed by atoms with Crippen LogP contribution in [-0.4, -0.2) is 23.2 Å². The van der Waals surface area contributed by atoms with Gasteiger partial charge in [0.1, 0.15) is 11.5 Å². The maximum Gasteiger partial charge on any atom is 1.00 e. The maximum absolute atomic E-state index is 11.9. The third-order valence-electron chi connectivity index (χ3n) is 2.64. The zero-order chi connectivity index (χ0) is 11.3. The van der Waals surface area contributed by atoms with Crippen molar-refractivity contribution in [3.63, 3.8) is 0 Å². The van der Waals surface area contributed by atoms with E-state index in [9.17, 15) is 9.59 Å². The summed E-state index contributed by atoms with van der Waals surface area (Å²) in [6.45, 7) is 1.77. The van der Waals surface area contributed by atoms with Crippen LogP contribution in [0.2, 0.25) is 0 Å². The minimum atomic E-state index is -0.311. The van der Waals surface area contributed by atoms with E-state index in [4.69, 9.17) is 0 Å². The van der Waals surface area contributed by atoms with Crippen molar-refractivity contribution >= 4 is 11.5 Å². The number of aromatic nitrogens is 2. The van der Waals surface area contributed by atoms with E-state index >= 15 is 0 Å². The van der Waals surface area contributed by atoms with Gasteiger partial charge in [0.2, 0.25) is 0 Å².